The molecular weight excluding hydrogens is 390 g/mol. The molecule has 3 heterocycles. The summed E-state index contributed by atoms with van der Waals surface area (Å²) >= 11 is 0. The molecule has 6 rings (SSSR count). The van der Waals surface area contributed by atoms with Crippen molar-refractivity contribution in [2.75, 3.05) is 5.73 Å². The average molecular weight is 415 g/mol. The number of aryl methyl sites for hydroxylation is 2. The van der Waals surface area contributed by atoms with Crippen LogP contribution >= 0.6 is 0 Å². The zero-order valence-electron chi connectivity index (χ0n) is 17.3. The largest absolute Gasteiger partial charge is 0.390 e. The summed E-state index contributed by atoms with van der Waals surface area (Å²) in [6.07, 6.45) is 4.56. The molecule has 7 heteroatoms. The van der Waals surface area contributed by atoms with Crippen molar-refractivity contribution in [3.05, 3.63) is 60.2 Å². The summed E-state index contributed by atoms with van der Waals surface area (Å²) in [7, 11) is 0. The number of aromatic nitrogens is 4. The Hall–Kier alpha value is -3.03. The van der Waals surface area contributed by atoms with Crippen molar-refractivity contribution in [1.82, 2.24) is 19.5 Å². The fraction of sp³-hybridized carbons (Fsp3) is 0.375. The fourth-order valence-electron chi connectivity index (χ4n) is 5.76. The smallest absolute Gasteiger partial charge is 0.143 e. The van der Waals surface area contributed by atoms with E-state index in [0.29, 0.717) is 5.82 Å². The van der Waals surface area contributed by atoms with E-state index in [9.17, 15) is 10.2 Å². The number of nitrogens with two attached hydrogens (primary N) is 1. The zero-order valence-corrected chi connectivity index (χ0v) is 17.3. The van der Waals surface area contributed by atoms with Gasteiger partial charge in [-0.05, 0) is 61.9 Å². The van der Waals surface area contributed by atoms with Crippen molar-refractivity contribution in [1.29, 1.82) is 0 Å². The van der Waals surface area contributed by atoms with Crippen molar-refractivity contribution in [2.45, 2.75) is 44.4 Å². The molecule has 2 fully saturated rings. The van der Waals surface area contributed by atoms with E-state index in [2.05, 4.69) is 33.2 Å². The Morgan fingerprint density at radius 2 is 2.00 bits per heavy atom. The molecule has 0 radical (unpaired) electrons. The highest BCUT2D eigenvalue weighted by atomic mass is 16.3. The minimum Gasteiger partial charge on any atom is -0.390 e. The highest BCUT2D eigenvalue weighted by Gasteiger charge is 2.70. The zero-order chi connectivity index (χ0) is 21.3. The Labute approximate surface area is 179 Å². The van der Waals surface area contributed by atoms with Gasteiger partial charge in [0.05, 0.1) is 23.4 Å². The highest BCUT2D eigenvalue weighted by molar-refractivity contribution is 5.80. The lowest BCUT2D eigenvalue weighted by Gasteiger charge is -2.24. The quantitative estimate of drug-likeness (QED) is 0.473. The van der Waals surface area contributed by atoms with Gasteiger partial charge in [-0.15, -0.1) is 0 Å². The summed E-state index contributed by atoms with van der Waals surface area (Å²) < 4.78 is 2.04. The van der Waals surface area contributed by atoms with Crippen LogP contribution in [0.15, 0.2) is 48.9 Å². The number of anilines is 1. The second kappa shape index (κ2) is 6.48. The van der Waals surface area contributed by atoms with E-state index in [0.717, 1.165) is 46.9 Å². The first kappa shape index (κ1) is 18.7. The van der Waals surface area contributed by atoms with Gasteiger partial charge in [-0.3, -0.25) is 0 Å². The SMILES string of the molecule is Cc1ncnc2c1ccn2[C@H]1[C@H](O)[C@H](O)C2(CCc3ccc4ccc(N)nc4c3)C[C@H]12. The normalized spacial score (nSPS) is 29.5. The molecular formula is C24H25N5O2. The van der Waals surface area contributed by atoms with Crippen molar-refractivity contribution in [3.8, 4) is 0 Å². The first-order valence-electron chi connectivity index (χ1n) is 10.8. The molecule has 0 amide bonds. The number of aliphatic hydroxyl groups excluding tert-OH is 2. The van der Waals surface area contributed by atoms with Crippen molar-refractivity contribution in [2.24, 2.45) is 11.3 Å². The maximum atomic E-state index is 11.0. The molecule has 0 saturated heterocycles. The van der Waals surface area contributed by atoms with Gasteiger partial charge >= 0.3 is 0 Å². The summed E-state index contributed by atoms with van der Waals surface area (Å²) in [4.78, 5) is 13.1. The second-order valence-electron chi connectivity index (χ2n) is 9.15. The molecule has 158 valence electrons. The van der Waals surface area contributed by atoms with Crippen LogP contribution in [0.25, 0.3) is 21.9 Å². The van der Waals surface area contributed by atoms with E-state index in [-0.39, 0.29) is 17.4 Å². The fourth-order valence-corrected chi connectivity index (χ4v) is 5.76. The van der Waals surface area contributed by atoms with Gasteiger partial charge in [0.25, 0.3) is 0 Å². The van der Waals surface area contributed by atoms with Crippen molar-refractivity contribution >= 4 is 27.8 Å². The molecule has 2 aliphatic carbocycles. The molecule has 3 aromatic heterocycles. The van der Waals surface area contributed by atoms with Crippen molar-refractivity contribution in [3.63, 3.8) is 0 Å². The van der Waals surface area contributed by atoms with Gasteiger partial charge in [-0.25, -0.2) is 15.0 Å². The third-order valence-electron chi connectivity index (χ3n) is 7.54. The Kier molecular flexibility index (Phi) is 3.91. The van der Waals surface area contributed by atoms with Crippen LogP contribution in [0, 0.1) is 18.3 Å². The van der Waals surface area contributed by atoms with Crippen LogP contribution in [0.5, 0.6) is 0 Å². The Morgan fingerprint density at radius 3 is 2.87 bits per heavy atom. The topological polar surface area (TPSA) is 110 Å². The Balaban J connectivity index is 1.27. The molecule has 4 N–H and O–H groups in total. The lowest BCUT2D eigenvalue weighted by atomic mass is 9.91. The molecule has 0 spiro atoms. The number of hydrogen-bond acceptors (Lipinski definition) is 6. The third-order valence-corrected chi connectivity index (χ3v) is 7.54. The molecule has 1 aromatic carbocycles. The van der Waals surface area contributed by atoms with Gasteiger partial charge in [-0.2, -0.15) is 0 Å². The summed E-state index contributed by atoms with van der Waals surface area (Å²) in [5.41, 5.74) is 9.39. The number of hydrogen-bond donors (Lipinski definition) is 3. The molecule has 2 saturated carbocycles. The molecule has 7 nitrogen and oxygen atoms in total. The van der Waals surface area contributed by atoms with Crippen LogP contribution in [0.1, 0.15) is 30.1 Å². The first-order chi connectivity index (χ1) is 15.0. The molecule has 0 bridgehead atoms. The van der Waals surface area contributed by atoms with E-state index >= 15 is 0 Å². The minimum absolute atomic E-state index is 0.167. The van der Waals surface area contributed by atoms with E-state index < -0.39 is 12.2 Å². The maximum absolute atomic E-state index is 11.0. The van der Waals surface area contributed by atoms with Crippen LogP contribution in [-0.2, 0) is 6.42 Å². The first-order valence-corrected chi connectivity index (χ1v) is 10.8. The van der Waals surface area contributed by atoms with Gasteiger partial charge < -0.3 is 20.5 Å². The van der Waals surface area contributed by atoms with Crippen LogP contribution in [0.4, 0.5) is 5.82 Å². The van der Waals surface area contributed by atoms with Crippen LogP contribution in [0.3, 0.4) is 0 Å². The second-order valence-corrected chi connectivity index (χ2v) is 9.15. The van der Waals surface area contributed by atoms with E-state index in [4.69, 9.17) is 5.73 Å². The number of nitrogen functional groups attached to an aromatic ring is 1. The molecule has 1 unspecified atom stereocenters. The molecule has 5 atom stereocenters. The molecule has 0 aliphatic heterocycles. The Bertz CT molecular complexity index is 1320. The average Bonchev–Trinajstić information content (AvgIpc) is 3.25. The number of benzene rings is 1. The predicted molar refractivity (Wildman–Crippen MR) is 118 cm³/mol. The minimum atomic E-state index is -0.803. The summed E-state index contributed by atoms with van der Waals surface area (Å²) in [6, 6.07) is 11.9. The molecule has 2 aliphatic rings. The maximum Gasteiger partial charge on any atom is 0.143 e. The number of pyridine rings is 1. The number of aliphatic hydroxyl groups is 2. The molecule has 31 heavy (non-hydrogen) atoms. The van der Waals surface area contributed by atoms with Crippen LogP contribution in [-0.4, -0.2) is 41.9 Å². The van der Waals surface area contributed by atoms with Gasteiger partial charge in [0.1, 0.15) is 23.9 Å². The number of fused-ring (bicyclic) bond motifs is 3. The van der Waals surface area contributed by atoms with Gasteiger partial charge in [0, 0.05) is 22.4 Å². The highest BCUT2D eigenvalue weighted by Crippen LogP contribution is 2.69. The van der Waals surface area contributed by atoms with E-state index in [1.54, 1.807) is 6.33 Å². The van der Waals surface area contributed by atoms with Crippen molar-refractivity contribution < 1.29 is 10.2 Å². The van der Waals surface area contributed by atoms with Gasteiger partial charge in [0.2, 0.25) is 0 Å². The van der Waals surface area contributed by atoms with Gasteiger partial charge in [0.15, 0.2) is 0 Å². The third kappa shape index (κ3) is 2.70. The molecule has 4 aromatic rings. The standard InChI is InChI=1S/C24H25N5O2/c1-13-16-7-9-29(23(16)27-12-26-13)20-17-11-24(17,22(31)21(20)30)8-6-14-2-3-15-4-5-19(25)28-18(15)10-14/h2-5,7,9-10,12,17,20-22,30-31H,6,8,11H2,1H3,(H2,25,28)/t17-,20-,21+,22+,24?/m1/s1. The summed E-state index contributed by atoms with van der Waals surface area (Å²) in [5.74, 6) is 0.748. The lowest BCUT2D eigenvalue weighted by molar-refractivity contribution is -0.0191. The summed E-state index contributed by atoms with van der Waals surface area (Å²) in [6.45, 7) is 1.96. The predicted octanol–water partition coefficient (Wildman–Crippen LogP) is 2.79. The monoisotopic (exact) mass is 415 g/mol. The van der Waals surface area contributed by atoms with Crippen LogP contribution < -0.4 is 5.73 Å². The van der Waals surface area contributed by atoms with Crippen LogP contribution in [0.2, 0.25) is 0 Å². The lowest BCUT2D eigenvalue weighted by Crippen LogP contribution is -2.34. The number of rotatable bonds is 4. The van der Waals surface area contributed by atoms with E-state index in [1.807, 2.05) is 35.9 Å². The summed E-state index contributed by atoms with van der Waals surface area (Å²) in [5, 5.41) is 24.0. The number of nitrogens with zero attached hydrogens (tertiary/aromatic N) is 4. The van der Waals surface area contributed by atoms with E-state index in [1.165, 1.54) is 5.56 Å². The Morgan fingerprint density at radius 1 is 1.16 bits per heavy atom. The van der Waals surface area contributed by atoms with Gasteiger partial charge in [-0.1, -0.05) is 12.1 Å².